The van der Waals surface area contributed by atoms with E-state index in [2.05, 4.69) is 10.0 Å². The number of aromatic nitrogens is 2. The van der Waals surface area contributed by atoms with Gasteiger partial charge in [0.2, 0.25) is 15.9 Å². The number of para-hydroxylation sites is 2. The van der Waals surface area contributed by atoms with E-state index >= 15 is 0 Å². The van der Waals surface area contributed by atoms with Gasteiger partial charge >= 0.3 is 0 Å². The number of imidazole rings is 1. The summed E-state index contributed by atoms with van der Waals surface area (Å²) in [5.41, 5.74) is 3.75. The molecule has 0 radical (unpaired) electrons. The van der Waals surface area contributed by atoms with Gasteiger partial charge < -0.3 is 9.88 Å². The highest BCUT2D eigenvalue weighted by molar-refractivity contribution is 7.89. The average Bonchev–Trinajstić information content (AvgIpc) is 3.62. The van der Waals surface area contributed by atoms with E-state index in [1.807, 2.05) is 66.2 Å². The molecule has 0 saturated heterocycles. The molecule has 7 nitrogen and oxygen atoms in total. The molecule has 1 unspecified atom stereocenters. The summed E-state index contributed by atoms with van der Waals surface area (Å²) in [6.45, 7) is 0. The highest BCUT2D eigenvalue weighted by Crippen LogP contribution is 2.25. The smallest absolute Gasteiger partial charge is 0.240 e. The summed E-state index contributed by atoms with van der Waals surface area (Å²) in [6.07, 6.45) is 2.57. The van der Waals surface area contributed by atoms with Gasteiger partial charge in [-0.3, -0.25) is 4.79 Å². The number of amides is 1. The Hall–Kier alpha value is -3.49. The Morgan fingerprint density at radius 1 is 1.00 bits per heavy atom. The molecule has 2 N–H and O–H groups in total. The molecule has 0 aliphatic heterocycles. The van der Waals surface area contributed by atoms with Crippen molar-refractivity contribution in [3.05, 3.63) is 95.8 Å². The molecule has 1 heterocycles. The third kappa shape index (κ3) is 5.28. The number of carbonyl (C=O) groups is 1. The van der Waals surface area contributed by atoms with Crippen LogP contribution < -0.4 is 10.0 Å². The third-order valence-corrected chi connectivity index (χ3v) is 7.83. The van der Waals surface area contributed by atoms with E-state index in [9.17, 15) is 13.2 Å². The number of nitrogens with zero attached hydrogens (tertiary/aromatic N) is 2. The summed E-state index contributed by atoms with van der Waals surface area (Å²) in [4.78, 5) is 18.1. The minimum atomic E-state index is -3.48. The Labute approximate surface area is 205 Å². The number of sulfonamides is 1. The van der Waals surface area contributed by atoms with Gasteiger partial charge in [0, 0.05) is 19.5 Å². The molecule has 3 aromatic carbocycles. The van der Waals surface area contributed by atoms with E-state index in [1.165, 1.54) is 0 Å². The fourth-order valence-corrected chi connectivity index (χ4v) is 5.48. The predicted molar refractivity (Wildman–Crippen MR) is 135 cm³/mol. The topological polar surface area (TPSA) is 93.1 Å². The van der Waals surface area contributed by atoms with Crippen LogP contribution in [0, 0.1) is 0 Å². The zero-order valence-corrected chi connectivity index (χ0v) is 20.3. The molecule has 1 fully saturated rings. The van der Waals surface area contributed by atoms with Crippen molar-refractivity contribution in [2.24, 2.45) is 7.05 Å². The molecular weight excluding hydrogens is 460 g/mol. The molecule has 35 heavy (non-hydrogen) atoms. The Balaban J connectivity index is 1.29. The lowest BCUT2D eigenvalue weighted by Crippen LogP contribution is -2.31. The molecular formula is C27H28N4O3S. The second-order valence-corrected chi connectivity index (χ2v) is 10.7. The van der Waals surface area contributed by atoms with Crippen molar-refractivity contribution < 1.29 is 13.2 Å². The molecule has 1 aromatic heterocycles. The van der Waals surface area contributed by atoms with Crippen molar-refractivity contribution in [3.63, 3.8) is 0 Å². The number of rotatable bonds is 9. The Kier molecular flexibility index (Phi) is 6.40. The van der Waals surface area contributed by atoms with E-state index in [4.69, 9.17) is 4.98 Å². The van der Waals surface area contributed by atoms with Crippen LogP contribution >= 0.6 is 0 Å². The first kappa shape index (κ1) is 23.3. The van der Waals surface area contributed by atoms with Gasteiger partial charge in [-0.25, -0.2) is 18.1 Å². The average molecular weight is 489 g/mol. The maximum absolute atomic E-state index is 13.0. The first-order valence-corrected chi connectivity index (χ1v) is 13.3. The molecule has 1 aliphatic carbocycles. The number of benzene rings is 3. The first-order chi connectivity index (χ1) is 16.9. The zero-order valence-electron chi connectivity index (χ0n) is 19.5. The third-order valence-electron chi connectivity index (χ3n) is 6.29. The zero-order chi connectivity index (χ0) is 24.4. The van der Waals surface area contributed by atoms with Crippen molar-refractivity contribution in [2.75, 3.05) is 0 Å². The summed E-state index contributed by atoms with van der Waals surface area (Å²) in [5, 5.41) is 3.16. The SMILES string of the molecule is Cn1c(C(NC(=O)CCc2ccc(S(=O)(=O)NC3CC3)cc2)c2ccccc2)nc2ccccc21. The van der Waals surface area contributed by atoms with Crippen molar-refractivity contribution in [1.82, 2.24) is 19.6 Å². The van der Waals surface area contributed by atoms with Gasteiger partial charge in [0.05, 0.1) is 15.9 Å². The normalized spacial score (nSPS) is 14.7. The van der Waals surface area contributed by atoms with Crippen LogP contribution in [0.4, 0.5) is 0 Å². The monoisotopic (exact) mass is 488 g/mol. The van der Waals surface area contributed by atoms with Crippen LogP contribution in [0.5, 0.6) is 0 Å². The van der Waals surface area contributed by atoms with Crippen LogP contribution in [0.25, 0.3) is 11.0 Å². The van der Waals surface area contributed by atoms with Crippen molar-refractivity contribution in [1.29, 1.82) is 0 Å². The molecule has 180 valence electrons. The minimum absolute atomic E-state index is 0.0669. The standard InChI is InChI=1S/C27H28N4O3S/c1-31-24-10-6-5-9-23(24)28-27(31)26(20-7-3-2-4-8-20)29-25(32)18-13-19-11-16-22(17-12-19)35(33,34)30-21-14-15-21/h2-12,16-17,21,26,30H,13-15,18H2,1H3,(H,29,32). The van der Waals surface area contributed by atoms with E-state index in [-0.39, 0.29) is 29.3 Å². The van der Waals surface area contributed by atoms with Gasteiger partial charge in [-0.05, 0) is 54.7 Å². The Bertz CT molecular complexity index is 1440. The number of hydrogen-bond acceptors (Lipinski definition) is 4. The summed E-state index contributed by atoms with van der Waals surface area (Å²) < 4.78 is 29.4. The second-order valence-electron chi connectivity index (χ2n) is 8.97. The predicted octanol–water partition coefficient (Wildman–Crippen LogP) is 3.85. The van der Waals surface area contributed by atoms with E-state index in [0.717, 1.165) is 40.8 Å². The molecule has 1 amide bonds. The highest BCUT2D eigenvalue weighted by Gasteiger charge is 2.28. The molecule has 0 spiro atoms. The summed E-state index contributed by atoms with van der Waals surface area (Å²) in [6, 6.07) is 24.1. The van der Waals surface area contributed by atoms with Gasteiger partial charge in [0.1, 0.15) is 11.9 Å². The molecule has 5 rings (SSSR count). The van der Waals surface area contributed by atoms with Crippen molar-refractivity contribution >= 4 is 27.0 Å². The molecule has 8 heteroatoms. The van der Waals surface area contributed by atoms with Gasteiger partial charge in [-0.15, -0.1) is 0 Å². The maximum atomic E-state index is 13.0. The summed E-state index contributed by atoms with van der Waals surface area (Å²) in [7, 11) is -1.52. The number of nitrogens with one attached hydrogen (secondary N) is 2. The lowest BCUT2D eigenvalue weighted by molar-refractivity contribution is -0.121. The van der Waals surface area contributed by atoms with E-state index in [0.29, 0.717) is 6.42 Å². The van der Waals surface area contributed by atoms with Gasteiger partial charge in [-0.2, -0.15) is 0 Å². The molecule has 1 saturated carbocycles. The lowest BCUT2D eigenvalue weighted by atomic mass is 10.0. The number of fused-ring (bicyclic) bond motifs is 1. The van der Waals surface area contributed by atoms with E-state index < -0.39 is 10.0 Å². The van der Waals surface area contributed by atoms with Crippen LogP contribution in [-0.2, 0) is 28.3 Å². The molecule has 4 aromatic rings. The quantitative estimate of drug-likeness (QED) is 0.374. The van der Waals surface area contributed by atoms with Gasteiger partial charge in [0.15, 0.2) is 0 Å². The van der Waals surface area contributed by atoms with Crippen molar-refractivity contribution in [2.45, 2.75) is 42.7 Å². The number of aryl methyl sites for hydroxylation is 2. The summed E-state index contributed by atoms with van der Waals surface area (Å²) in [5.74, 6) is 0.668. The largest absolute Gasteiger partial charge is 0.342 e. The minimum Gasteiger partial charge on any atom is -0.342 e. The Morgan fingerprint density at radius 3 is 2.37 bits per heavy atom. The number of hydrogen-bond donors (Lipinski definition) is 2. The van der Waals surface area contributed by atoms with Crippen LogP contribution in [0.15, 0.2) is 83.8 Å². The van der Waals surface area contributed by atoms with Crippen LogP contribution in [0.3, 0.4) is 0 Å². The maximum Gasteiger partial charge on any atom is 0.240 e. The van der Waals surface area contributed by atoms with Gasteiger partial charge in [-0.1, -0.05) is 54.6 Å². The van der Waals surface area contributed by atoms with Crippen molar-refractivity contribution in [3.8, 4) is 0 Å². The molecule has 1 atom stereocenters. The lowest BCUT2D eigenvalue weighted by Gasteiger charge is -2.19. The fourth-order valence-electron chi connectivity index (χ4n) is 4.18. The fraction of sp³-hybridized carbons (Fsp3) is 0.259. The second kappa shape index (κ2) is 9.64. The van der Waals surface area contributed by atoms with Gasteiger partial charge in [0.25, 0.3) is 0 Å². The highest BCUT2D eigenvalue weighted by atomic mass is 32.2. The molecule has 1 aliphatic rings. The van der Waals surface area contributed by atoms with Crippen LogP contribution in [-0.4, -0.2) is 29.9 Å². The summed E-state index contributed by atoms with van der Waals surface area (Å²) >= 11 is 0. The first-order valence-electron chi connectivity index (χ1n) is 11.8. The van der Waals surface area contributed by atoms with Crippen LogP contribution in [0.2, 0.25) is 0 Å². The molecule has 0 bridgehead atoms. The number of carbonyl (C=O) groups excluding carboxylic acids is 1. The van der Waals surface area contributed by atoms with Crippen LogP contribution in [0.1, 0.15) is 42.3 Å². The van der Waals surface area contributed by atoms with E-state index in [1.54, 1.807) is 24.3 Å². The Morgan fingerprint density at radius 2 is 1.69 bits per heavy atom.